The summed E-state index contributed by atoms with van der Waals surface area (Å²) in [5, 5.41) is 4.80. The minimum Gasteiger partial charge on any atom is -0.383 e. The number of anilines is 1. The third-order valence-corrected chi connectivity index (χ3v) is 3.55. The number of nitrogen functional groups attached to an aromatic ring is 1. The van der Waals surface area contributed by atoms with Gasteiger partial charge in [-0.15, -0.1) is 0 Å². The van der Waals surface area contributed by atoms with Crippen LogP contribution in [0.25, 0.3) is 0 Å². The molecule has 0 spiro atoms. The van der Waals surface area contributed by atoms with Crippen molar-refractivity contribution in [2.24, 2.45) is 0 Å². The van der Waals surface area contributed by atoms with E-state index >= 15 is 0 Å². The Morgan fingerprint density at radius 2 is 1.40 bits per heavy atom. The molecule has 0 aliphatic carbocycles. The number of rotatable bonds is 3. The first-order valence-electron chi connectivity index (χ1n) is 6.36. The van der Waals surface area contributed by atoms with E-state index in [1.165, 1.54) is 0 Å². The van der Waals surface area contributed by atoms with Crippen molar-refractivity contribution in [2.45, 2.75) is 6.04 Å². The van der Waals surface area contributed by atoms with Gasteiger partial charge in [0, 0.05) is 0 Å². The van der Waals surface area contributed by atoms with Gasteiger partial charge in [0.25, 0.3) is 0 Å². The summed E-state index contributed by atoms with van der Waals surface area (Å²) in [7, 11) is 0. The van der Waals surface area contributed by atoms with Crippen molar-refractivity contribution in [3.8, 4) is 0 Å². The summed E-state index contributed by atoms with van der Waals surface area (Å²) in [6.45, 7) is 0. The molecule has 3 aromatic rings. The van der Waals surface area contributed by atoms with Gasteiger partial charge in [-0.1, -0.05) is 72.3 Å². The highest BCUT2D eigenvalue weighted by atomic mass is 35.5. The topological polar surface area (TPSA) is 43.8 Å². The molecule has 0 aliphatic heterocycles. The Balaban J connectivity index is 2.17. The monoisotopic (exact) mass is 283 g/mol. The van der Waals surface area contributed by atoms with Crippen LogP contribution < -0.4 is 5.73 Å². The van der Waals surface area contributed by atoms with E-state index in [9.17, 15) is 0 Å². The number of benzene rings is 2. The highest BCUT2D eigenvalue weighted by Crippen LogP contribution is 2.30. The number of hydrogen-bond acceptors (Lipinski definition) is 2. The van der Waals surface area contributed by atoms with Gasteiger partial charge in [0.05, 0.1) is 6.20 Å². The van der Waals surface area contributed by atoms with Crippen molar-refractivity contribution in [2.75, 3.05) is 5.73 Å². The molecule has 4 heteroatoms. The first-order chi connectivity index (χ1) is 9.77. The Labute approximate surface area is 122 Å². The van der Waals surface area contributed by atoms with Crippen LogP contribution in [0.2, 0.25) is 5.02 Å². The van der Waals surface area contributed by atoms with Crippen LogP contribution in [0.15, 0.2) is 66.9 Å². The standard InChI is InChI=1S/C16H14ClN3/c17-14-11-19-20(16(14)18)15(12-7-3-1-4-8-12)13-9-5-2-6-10-13/h1-11,15H,18H2. The van der Waals surface area contributed by atoms with Crippen molar-refractivity contribution < 1.29 is 0 Å². The Morgan fingerprint density at radius 3 is 1.80 bits per heavy atom. The fourth-order valence-electron chi connectivity index (χ4n) is 2.30. The summed E-state index contributed by atoms with van der Waals surface area (Å²) >= 11 is 6.04. The van der Waals surface area contributed by atoms with Crippen molar-refractivity contribution in [3.05, 3.63) is 83.0 Å². The molecule has 2 N–H and O–H groups in total. The second-order valence-electron chi connectivity index (χ2n) is 4.55. The zero-order chi connectivity index (χ0) is 13.9. The zero-order valence-electron chi connectivity index (χ0n) is 10.8. The van der Waals surface area contributed by atoms with Gasteiger partial charge in [-0.25, -0.2) is 4.68 Å². The van der Waals surface area contributed by atoms with E-state index in [2.05, 4.69) is 29.4 Å². The van der Waals surface area contributed by atoms with Crippen LogP contribution in [0.4, 0.5) is 5.82 Å². The zero-order valence-corrected chi connectivity index (χ0v) is 11.5. The van der Waals surface area contributed by atoms with Gasteiger partial charge < -0.3 is 5.73 Å². The summed E-state index contributed by atoms with van der Waals surface area (Å²) in [5.74, 6) is 0.476. The number of hydrogen-bond donors (Lipinski definition) is 1. The molecule has 0 saturated heterocycles. The van der Waals surface area contributed by atoms with Crippen LogP contribution in [0, 0.1) is 0 Å². The second-order valence-corrected chi connectivity index (χ2v) is 4.95. The summed E-state index contributed by atoms with van der Waals surface area (Å²) in [4.78, 5) is 0. The third-order valence-electron chi connectivity index (χ3n) is 3.26. The van der Waals surface area contributed by atoms with Gasteiger partial charge in [0.2, 0.25) is 0 Å². The van der Waals surface area contributed by atoms with Gasteiger partial charge in [0.15, 0.2) is 0 Å². The average Bonchev–Trinajstić information content (AvgIpc) is 2.82. The molecule has 0 radical (unpaired) electrons. The van der Waals surface area contributed by atoms with Crippen LogP contribution in [-0.2, 0) is 0 Å². The SMILES string of the molecule is Nc1c(Cl)cnn1C(c1ccccc1)c1ccccc1. The van der Waals surface area contributed by atoms with Crippen LogP contribution in [0.1, 0.15) is 17.2 Å². The summed E-state index contributed by atoms with van der Waals surface area (Å²) in [5.41, 5.74) is 8.28. The molecule has 0 bridgehead atoms. The molecule has 1 aromatic heterocycles. The molecule has 0 fully saturated rings. The lowest BCUT2D eigenvalue weighted by Gasteiger charge is -2.20. The van der Waals surface area contributed by atoms with E-state index in [1.54, 1.807) is 10.9 Å². The predicted octanol–water partition coefficient (Wildman–Crippen LogP) is 3.76. The molecule has 3 rings (SSSR count). The Morgan fingerprint density at radius 1 is 0.900 bits per heavy atom. The van der Waals surface area contributed by atoms with Crippen LogP contribution in [0.3, 0.4) is 0 Å². The fraction of sp³-hybridized carbons (Fsp3) is 0.0625. The number of aromatic nitrogens is 2. The summed E-state index contributed by atoms with van der Waals surface area (Å²) < 4.78 is 1.76. The first kappa shape index (κ1) is 12.8. The molecule has 20 heavy (non-hydrogen) atoms. The largest absolute Gasteiger partial charge is 0.383 e. The lowest BCUT2D eigenvalue weighted by molar-refractivity contribution is 0.604. The van der Waals surface area contributed by atoms with E-state index in [-0.39, 0.29) is 6.04 Å². The highest BCUT2D eigenvalue weighted by Gasteiger charge is 2.20. The maximum Gasteiger partial charge on any atom is 0.141 e. The number of nitrogens with two attached hydrogens (primary N) is 1. The van der Waals surface area contributed by atoms with E-state index in [0.29, 0.717) is 10.8 Å². The van der Waals surface area contributed by atoms with Crippen molar-refractivity contribution in [1.82, 2.24) is 9.78 Å². The third kappa shape index (κ3) is 2.28. The molecule has 0 amide bonds. The summed E-state index contributed by atoms with van der Waals surface area (Å²) in [6, 6.07) is 20.2. The van der Waals surface area contributed by atoms with Crippen molar-refractivity contribution >= 4 is 17.4 Å². The second kappa shape index (κ2) is 5.39. The van der Waals surface area contributed by atoms with E-state index < -0.39 is 0 Å². The normalized spacial score (nSPS) is 10.9. The molecular weight excluding hydrogens is 270 g/mol. The van der Waals surface area contributed by atoms with Gasteiger partial charge in [-0.05, 0) is 11.1 Å². The predicted molar refractivity (Wildman–Crippen MR) is 81.8 cm³/mol. The van der Waals surface area contributed by atoms with Crippen LogP contribution in [-0.4, -0.2) is 9.78 Å². The Bertz CT molecular complexity index is 653. The Hall–Kier alpha value is -2.26. The quantitative estimate of drug-likeness (QED) is 0.795. The van der Waals surface area contributed by atoms with Crippen LogP contribution in [0.5, 0.6) is 0 Å². The van der Waals surface area contributed by atoms with Gasteiger partial charge >= 0.3 is 0 Å². The first-order valence-corrected chi connectivity index (χ1v) is 6.73. The highest BCUT2D eigenvalue weighted by molar-refractivity contribution is 6.32. The summed E-state index contributed by atoms with van der Waals surface area (Å²) in [6.07, 6.45) is 1.58. The molecule has 0 atom stereocenters. The smallest absolute Gasteiger partial charge is 0.141 e. The minimum absolute atomic E-state index is 0.0788. The molecule has 1 heterocycles. The van der Waals surface area contributed by atoms with Crippen LogP contribution >= 0.6 is 11.6 Å². The number of halogens is 1. The molecule has 0 saturated carbocycles. The lowest BCUT2D eigenvalue weighted by atomic mass is 9.99. The van der Waals surface area contributed by atoms with E-state index in [0.717, 1.165) is 11.1 Å². The Kier molecular flexibility index (Phi) is 3.44. The van der Waals surface area contributed by atoms with Gasteiger partial charge in [-0.3, -0.25) is 0 Å². The molecule has 0 aliphatic rings. The molecule has 100 valence electrons. The minimum atomic E-state index is -0.0788. The molecule has 3 nitrogen and oxygen atoms in total. The van der Waals surface area contributed by atoms with Crippen molar-refractivity contribution in [3.63, 3.8) is 0 Å². The van der Waals surface area contributed by atoms with E-state index in [1.807, 2.05) is 36.4 Å². The maximum atomic E-state index is 6.05. The van der Waals surface area contributed by atoms with E-state index in [4.69, 9.17) is 17.3 Å². The maximum absolute atomic E-state index is 6.05. The number of nitrogens with zero attached hydrogens (tertiary/aromatic N) is 2. The molecule has 0 unspecified atom stereocenters. The molecule has 2 aromatic carbocycles. The lowest BCUT2D eigenvalue weighted by Crippen LogP contribution is -2.15. The van der Waals surface area contributed by atoms with Crippen molar-refractivity contribution in [1.29, 1.82) is 0 Å². The van der Waals surface area contributed by atoms with Gasteiger partial charge in [-0.2, -0.15) is 5.10 Å². The van der Waals surface area contributed by atoms with Gasteiger partial charge in [0.1, 0.15) is 16.9 Å². The fourth-order valence-corrected chi connectivity index (χ4v) is 2.43. The average molecular weight is 284 g/mol. The molecular formula is C16H14ClN3.